The minimum atomic E-state index is -0.135. The number of anilines is 1. The summed E-state index contributed by atoms with van der Waals surface area (Å²) in [5.41, 5.74) is 4.74. The van der Waals surface area contributed by atoms with Crippen LogP contribution in [0.25, 0.3) is 22.0 Å². The molecule has 2 unspecified atom stereocenters. The highest BCUT2D eigenvalue weighted by atomic mass is 16.3. The molecule has 0 bridgehead atoms. The normalized spacial score (nSPS) is 18.6. The topological polar surface area (TPSA) is 77.2 Å². The van der Waals surface area contributed by atoms with E-state index in [1.165, 1.54) is 25.7 Å². The van der Waals surface area contributed by atoms with Gasteiger partial charge in [0, 0.05) is 23.1 Å². The van der Waals surface area contributed by atoms with Crippen molar-refractivity contribution in [2.24, 2.45) is 5.92 Å². The van der Waals surface area contributed by atoms with Crippen molar-refractivity contribution in [1.29, 1.82) is 0 Å². The number of H-pyrrole nitrogens is 1. The zero-order valence-corrected chi connectivity index (χ0v) is 17.6. The molecule has 1 fully saturated rings. The zero-order valence-electron chi connectivity index (χ0n) is 17.6. The first kappa shape index (κ1) is 20.5. The maximum atomic E-state index is 12.6. The number of hydrogen-bond acceptors (Lipinski definition) is 2. The van der Waals surface area contributed by atoms with Gasteiger partial charge in [0.25, 0.3) is 0 Å². The molecule has 4 N–H and O–H groups in total. The highest BCUT2D eigenvalue weighted by Gasteiger charge is 2.25. The van der Waals surface area contributed by atoms with Gasteiger partial charge in [-0.2, -0.15) is 0 Å². The van der Waals surface area contributed by atoms with Crippen LogP contribution < -0.4 is 10.6 Å². The standard InChI is InChI=1S/C25H31N3O2/c1-2-3-5-17-8-10-21(13-17)27-25(30)28-24-15-26-23-11-9-20(14-22(23)24)19-7-4-6-18(12-19)16-29/h4,6-7,9,11-12,14-15,17,21,26,29H,2-3,5,8,10,13,16H2,1H3,(H2,27,28,30). The lowest BCUT2D eigenvalue weighted by Gasteiger charge is -2.14. The number of aliphatic hydroxyl groups is 1. The quantitative estimate of drug-likeness (QED) is 0.400. The van der Waals surface area contributed by atoms with Crippen LogP contribution in [0.1, 0.15) is 51.0 Å². The molecule has 1 saturated carbocycles. The molecule has 4 rings (SSSR count). The number of aliphatic hydroxyl groups excluding tert-OH is 1. The zero-order chi connectivity index (χ0) is 20.9. The summed E-state index contributed by atoms with van der Waals surface area (Å²) < 4.78 is 0. The van der Waals surface area contributed by atoms with Crippen molar-refractivity contribution in [2.45, 2.75) is 58.1 Å². The van der Waals surface area contributed by atoms with E-state index in [0.717, 1.165) is 52.0 Å². The van der Waals surface area contributed by atoms with Crippen molar-refractivity contribution in [1.82, 2.24) is 10.3 Å². The van der Waals surface area contributed by atoms with Gasteiger partial charge in [-0.1, -0.05) is 50.5 Å². The average Bonchev–Trinajstić information content (AvgIpc) is 3.38. The summed E-state index contributed by atoms with van der Waals surface area (Å²) in [7, 11) is 0. The number of nitrogens with one attached hydrogen (secondary N) is 3. The lowest BCUT2D eigenvalue weighted by atomic mass is 10.0. The lowest BCUT2D eigenvalue weighted by molar-refractivity contribution is 0.248. The molecule has 5 nitrogen and oxygen atoms in total. The highest BCUT2D eigenvalue weighted by Crippen LogP contribution is 2.31. The smallest absolute Gasteiger partial charge is 0.319 e. The largest absolute Gasteiger partial charge is 0.392 e. The first-order valence-electron chi connectivity index (χ1n) is 11.0. The number of fused-ring (bicyclic) bond motifs is 1. The Balaban J connectivity index is 1.45. The molecule has 2 atom stereocenters. The van der Waals surface area contributed by atoms with Crippen molar-refractivity contribution >= 4 is 22.6 Å². The Labute approximate surface area is 177 Å². The van der Waals surface area contributed by atoms with E-state index in [9.17, 15) is 9.90 Å². The van der Waals surface area contributed by atoms with E-state index in [-0.39, 0.29) is 18.7 Å². The van der Waals surface area contributed by atoms with Crippen LogP contribution >= 0.6 is 0 Å². The summed E-state index contributed by atoms with van der Waals surface area (Å²) in [5, 5.41) is 16.6. The third-order valence-electron chi connectivity index (χ3n) is 6.22. The van der Waals surface area contributed by atoms with E-state index in [4.69, 9.17) is 0 Å². The van der Waals surface area contributed by atoms with Gasteiger partial charge in [0.1, 0.15) is 0 Å². The second-order valence-electron chi connectivity index (χ2n) is 8.44. The summed E-state index contributed by atoms with van der Waals surface area (Å²) in [6.07, 6.45) is 9.02. The van der Waals surface area contributed by atoms with Gasteiger partial charge in [-0.15, -0.1) is 0 Å². The molecule has 1 heterocycles. The van der Waals surface area contributed by atoms with Crippen molar-refractivity contribution in [3.63, 3.8) is 0 Å². The van der Waals surface area contributed by atoms with Gasteiger partial charge >= 0.3 is 6.03 Å². The van der Waals surface area contributed by atoms with Crippen molar-refractivity contribution in [3.05, 3.63) is 54.2 Å². The fourth-order valence-corrected chi connectivity index (χ4v) is 4.56. The van der Waals surface area contributed by atoms with Crippen LogP contribution in [0, 0.1) is 5.92 Å². The Hall–Kier alpha value is -2.79. The molecule has 0 spiro atoms. The van der Waals surface area contributed by atoms with E-state index >= 15 is 0 Å². The Kier molecular flexibility index (Phi) is 6.38. The molecule has 30 heavy (non-hydrogen) atoms. The summed E-state index contributed by atoms with van der Waals surface area (Å²) in [6, 6.07) is 14.2. The van der Waals surface area contributed by atoms with Gasteiger partial charge in [0.2, 0.25) is 0 Å². The second kappa shape index (κ2) is 9.35. The van der Waals surface area contributed by atoms with Crippen molar-refractivity contribution in [2.75, 3.05) is 5.32 Å². The monoisotopic (exact) mass is 405 g/mol. The molecule has 0 radical (unpaired) electrons. The maximum absolute atomic E-state index is 12.6. The number of carbonyl (C=O) groups excluding carboxylic acids is 1. The number of carbonyl (C=O) groups is 1. The minimum Gasteiger partial charge on any atom is -0.392 e. The van der Waals surface area contributed by atoms with Gasteiger partial charge in [-0.3, -0.25) is 0 Å². The third kappa shape index (κ3) is 4.68. The minimum absolute atomic E-state index is 0.0215. The Morgan fingerprint density at radius 2 is 2.03 bits per heavy atom. The SMILES string of the molecule is CCCCC1CCC(NC(=O)Nc2c[nH]c3ccc(-c4cccc(CO)c4)cc23)C1. The Morgan fingerprint density at radius 1 is 1.17 bits per heavy atom. The van der Waals surface area contributed by atoms with E-state index in [1.54, 1.807) is 0 Å². The fourth-order valence-electron chi connectivity index (χ4n) is 4.56. The van der Waals surface area contributed by atoms with Gasteiger partial charge in [-0.25, -0.2) is 4.79 Å². The molecule has 158 valence electrons. The van der Waals surface area contributed by atoms with Gasteiger partial charge in [-0.05, 0) is 60.1 Å². The summed E-state index contributed by atoms with van der Waals surface area (Å²) in [6.45, 7) is 2.25. The van der Waals surface area contributed by atoms with E-state index < -0.39 is 0 Å². The summed E-state index contributed by atoms with van der Waals surface area (Å²) in [4.78, 5) is 15.8. The summed E-state index contributed by atoms with van der Waals surface area (Å²) in [5.74, 6) is 0.751. The molecule has 2 aromatic carbocycles. The van der Waals surface area contributed by atoms with Crippen LogP contribution in [0.3, 0.4) is 0 Å². The number of aromatic nitrogens is 1. The van der Waals surface area contributed by atoms with Gasteiger partial charge in [0.05, 0.1) is 12.3 Å². The Bertz CT molecular complexity index is 1010. The number of hydrogen-bond donors (Lipinski definition) is 4. The highest BCUT2D eigenvalue weighted by molar-refractivity contribution is 6.02. The number of amides is 2. The third-order valence-corrected chi connectivity index (χ3v) is 6.22. The van der Waals surface area contributed by atoms with E-state index in [0.29, 0.717) is 0 Å². The molecular weight excluding hydrogens is 374 g/mol. The molecule has 1 aliphatic carbocycles. The van der Waals surface area contributed by atoms with Crippen LogP contribution in [0.4, 0.5) is 10.5 Å². The second-order valence-corrected chi connectivity index (χ2v) is 8.44. The Morgan fingerprint density at radius 3 is 2.87 bits per heavy atom. The molecular formula is C25H31N3O2. The number of aromatic amines is 1. The van der Waals surface area contributed by atoms with Crippen LogP contribution in [0.15, 0.2) is 48.7 Å². The molecule has 0 aliphatic heterocycles. The molecule has 1 aliphatic rings. The van der Waals surface area contributed by atoms with Crippen LogP contribution in [-0.2, 0) is 6.61 Å². The van der Waals surface area contributed by atoms with Crippen LogP contribution in [0.2, 0.25) is 0 Å². The number of benzene rings is 2. The van der Waals surface area contributed by atoms with Gasteiger partial charge < -0.3 is 20.7 Å². The first-order valence-corrected chi connectivity index (χ1v) is 11.0. The molecule has 1 aromatic heterocycles. The number of unbranched alkanes of at least 4 members (excludes halogenated alkanes) is 1. The predicted molar refractivity (Wildman–Crippen MR) is 122 cm³/mol. The van der Waals surface area contributed by atoms with Crippen LogP contribution in [-0.4, -0.2) is 22.2 Å². The van der Waals surface area contributed by atoms with Crippen molar-refractivity contribution < 1.29 is 9.90 Å². The molecule has 5 heteroatoms. The lowest BCUT2D eigenvalue weighted by Crippen LogP contribution is -2.36. The number of rotatable bonds is 7. The summed E-state index contributed by atoms with van der Waals surface area (Å²) >= 11 is 0. The average molecular weight is 406 g/mol. The fraction of sp³-hybridized carbons (Fsp3) is 0.400. The van der Waals surface area contributed by atoms with E-state index in [2.05, 4.69) is 28.6 Å². The van der Waals surface area contributed by atoms with Gasteiger partial charge in [0.15, 0.2) is 0 Å². The van der Waals surface area contributed by atoms with Crippen LogP contribution in [0.5, 0.6) is 0 Å². The number of urea groups is 1. The molecule has 2 amide bonds. The first-order chi connectivity index (χ1) is 14.7. The van der Waals surface area contributed by atoms with Crippen molar-refractivity contribution in [3.8, 4) is 11.1 Å². The molecule has 0 saturated heterocycles. The molecule has 3 aromatic rings. The maximum Gasteiger partial charge on any atom is 0.319 e. The predicted octanol–water partition coefficient (Wildman–Crippen LogP) is 5.81. The van der Waals surface area contributed by atoms with E-state index in [1.807, 2.05) is 42.6 Å².